The van der Waals surface area contributed by atoms with E-state index < -0.39 is 0 Å². The first kappa shape index (κ1) is 9.99. The number of hydrogen-bond acceptors (Lipinski definition) is 2. The van der Waals surface area contributed by atoms with E-state index in [0.717, 1.165) is 25.1 Å². The molecular weight excluding hydrogens is 198 g/mol. The zero-order valence-corrected chi connectivity index (χ0v) is 9.38. The Labute approximate surface area is 89.2 Å². The summed E-state index contributed by atoms with van der Waals surface area (Å²) >= 11 is 6.09. The van der Waals surface area contributed by atoms with Crippen LogP contribution in [0.5, 0.6) is 0 Å². The number of nitrogens with zero attached hydrogens (tertiary/aromatic N) is 2. The van der Waals surface area contributed by atoms with Crippen molar-refractivity contribution in [3.05, 3.63) is 16.9 Å². The number of aromatic nitrogens is 2. The summed E-state index contributed by atoms with van der Waals surface area (Å²) in [5.41, 5.74) is 6.97. The van der Waals surface area contributed by atoms with Crippen molar-refractivity contribution in [2.24, 2.45) is 11.7 Å². The summed E-state index contributed by atoms with van der Waals surface area (Å²) in [4.78, 5) is 0. The average molecular weight is 214 g/mol. The largest absolute Gasteiger partial charge is 0.320 e. The van der Waals surface area contributed by atoms with Gasteiger partial charge in [-0.3, -0.25) is 4.68 Å². The van der Waals surface area contributed by atoms with Gasteiger partial charge in [0, 0.05) is 6.54 Å². The van der Waals surface area contributed by atoms with Gasteiger partial charge >= 0.3 is 0 Å². The van der Waals surface area contributed by atoms with Crippen molar-refractivity contribution in [3.63, 3.8) is 0 Å². The van der Waals surface area contributed by atoms with Crippen LogP contribution in [-0.2, 0) is 12.1 Å². The van der Waals surface area contributed by atoms with Crippen molar-refractivity contribution in [2.75, 3.05) is 0 Å². The van der Waals surface area contributed by atoms with Crippen LogP contribution in [0.3, 0.4) is 0 Å². The second-order valence-electron chi connectivity index (χ2n) is 4.57. The molecule has 1 saturated carbocycles. The van der Waals surface area contributed by atoms with Crippen molar-refractivity contribution in [2.45, 2.75) is 38.8 Å². The Kier molecular flexibility index (Phi) is 2.32. The second kappa shape index (κ2) is 3.24. The predicted molar refractivity (Wildman–Crippen MR) is 57.2 cm³/mol. The highest BCUT2D eigenvalue weighted by atomic mass is 35.5. The molecular formula is C10H16ClN3. The van der Waals surface area contributed by atoms with Crippen LogP contribution < -0.4 is 5.73 Å². The highest BCUT2D eigenvalue weighted by Gasteiger charge is 2.44. The van der Waals surface area contributed by atoms with Gasteiger partial charge in [-0.2, -0.15) is 5.10 Å². The molecule has 0 atom stereocenters. The number of nitrogens with two attached hydrogens (primary N) is 1. The van der Waals surface area contributed by atoms with Crippen LogP contribution in [-0.4, -0.2) is 9.78 Å². The van der Waals surface area contributed by atoms with Crippen LogP contribution in [0.1, 0.15) is 32.4 Å². The van der Waals surface area contributed by atoms with Crippen LogP contribution in [0.2, 0.25) is 5.02 Å². The molecule has 4 heteroatoms. The van der Waals surface area contributed by atoms with Crippen LogP contribution in [0, 0.1) is 5.92 Å². The van der Waals surface area contributed by atoms with Gasteiger partial charge < -0.3 is 5.73 Å². The lowest BCUT2D eigenvalue weighted by atomic mass is 10.1. The monoisotopic (exact) mass is 213 g/mol. The summed E-state index contributed by atoms with van der Waals surface area (Å²) < 4.78 is 1.96. The van der Waals surface area contributed by atoms with E-state index in [1.165, 1.54) is 0 Å². The molecule has 0 aromatic carbocycles. The fraction of sp³-hybridized carbons (Fsp3) is 0.700. The van der Waals surface area contributed by atoms with Crippen LogP contribution in [0.25, 0.3) is 0 Å². The molecule has 3 nitrogen and oxygen atoms in total. The molecule has 0 saturated heterocycles. The molecule has 14 heavy (non-hydrogen) atoms. The summed E-state index contributed by atoms with van der Waals surface area (Å²) in [7, 11) is 0. The zero-order chi connectivity index (χ0) is 10.3. The first-order valence-corrected chi connectivity index (χ1v) is 5.41. The van der Waals surface area contributed by atoms with Gasteiger partial charge in [0.05, 0.1) is 22.5 Å². The Bertz CT molecular complexity index is 339. The lowest BCUT2D eigenvalue weighted by Gasteiger charge is -2.14. The van der Waals surface area contributed by atoms with Gasteiger partial charge in [-0.1, -0.05) is 25.4 Å². The Morgan fingerprint density at radius 3 is 2.79 bits per heavy atom. The number of hydrogen-bond donors (Lipinski definition) is 1. The van der Waals surface area contributed by atoms with Crippen molar-refractivity contribution in [3.8, 4) is 0 Å². The fourth-order valence-electron chi connectivity index (χ4n) is 1.71. The molecule has 0 spiro atoms. The van der Waals surface area contributed by atoms with Gasteiger partial charge in [0.15, 0.2) is 0 Å². The first-order valence-electron chi connectivity index (χ1n) is 5.03. The van der Waals surface area contributed by atoms with Gasteiger partial charge in [0.25, 0.3) is 0 Å². The van der Waals surface area contributed by atoms with Crippen molar-refractivity contribution >= 4 is 11.6 Å². The predicted octanol–water partition coefficient (Wildman–Crippen LogP) is 2.14. The van der Waals surface area contributed by atoms with E-state index in [0.29, 0.717) is 10.9 Å². The molecule has 1 aromatic heterocycles. The minimum Gasteiger partial charge on any atom is -0.320 e. The molecule has 1 aliphatic rings. The normalized spacial score (nSPS) is 18.9. The van der Waals surface area contributed by atoms with E-state index in [1.54, 1.807) is 6.20 Å². The molecule has 0 unspecified atom stereocenters. The van der Waals surface area contributed by atoms with Gasteiger partial charge in [0.1, 0.15) is 0 Å². The third-order valence-electron chi connectivity index (χ3n) is 2.59. The molecule has 2 rings (SSSR count). The smallest absolute Gasteiger partial charge is 0.0837 e. The Balaban J connectivity index is 2.32. The zero-order valence-electron chi connectivity index (χ0n) is 8.63. The van der Waals surface area contributed by atoms with Gasteiger partial charge in [-0.25, -0.2) is 0 Å². The van der Waals surface area contributed by atoms with E-state index in [4.69, 9.17) is 17.3 Å². The lowest BCUT2D eigenvalue weighted by molar-refractivity contribution is 0.451. The topological polar surface area (TPSA) is 43.8 Å². The van der Waals surface area contributed by atoms with Gasteiger partial charge in [0.2, 0.25) is 0 Å². The standard InChI is InChI=1S/C10H16ClN3/c1-7(2)6-14-9(8(11)5-13-14)10(12)3-4-10/h5,7H,3-4,6,12H2,1-2H3. The second-order valence-corrected chi connectivity index (χ2v) is 4.98. The summed E-state index contributed by atoms with van der Waals surface area (Å²) in [5, 5.41) is 4.98. The molecule has 0 aliphatic heterocycles. The maximum Gasteiger partial charge on any atom is 0.0837 e. The summed E-state index contributed by atoms with van der Waals surface area (Å²) in [6.07, 6.45) is 3.75. The summed E-state index contributed by atoms with van der Waals surface area (Å²) in [6.45, 7) is 5.21. The van der Waals surface area contributed by atoms with E-state index >= 15 is 0 Å². The SMILES string of the molecule is CC(C)Cn1ncc(Cl)c1C1(N)CC1. The van der Waals surface area contributed by atoms with E-state index in [1.807, 2.05) is 4.68 Å². The van der Waals surface area contributed by atoms with E-state index in [-0.39, 0.29) is 5.54 Å². The molecule has 1 aromatic rings. The Morgan fingerprint density at radius 1 is 1.64 bits per heavy atom. The quantitative estimate of drug-likeness (QED) is 0.836. The lowest BCUT2D eigenvalue weighted by Crippen LogP contribution is -2.25. The molecule has 0 radical (unpaired) electrons. The third-order valence-corrected chi connectivity index (χ3v) is 2.87. The molecule has 2 N–H and O–H groups in total. The van der Waals surface area contributed by atoms with E-state index in [2.05, 4.69) is 18.9 Å². The van der Waals surface area contributed by atoms with Gasteiger partial charge in [-0.05, 0) is 18.8 Å². The molecule has 1 heterocycles. The van der Waals surface area contributed by atoms with E-state index in [9.17, 15) is 0 Å². The Morgan fingerprint density at radius 2 is 2.29 bits per heavy atom. The van der Waals surface area contributed by atoms with Crippen molar-refractivity contribution in [1.82, 2.24) is 9.78 Å². The molecule has 1 fully saturated rings. The first-order chi connectivity index (χ1) is 6.53. The summed E-state index contributed by atoms with van der Waals surface area (Å²) in [5.74, 6) is 0.562. The summed E-state index contributed by atoms with van der Waals surface area (Å²) in [6, 6.07) is 0. The highest BCUT2D eigenvalue weighted by molar-refractivity contribution is 6.31. The molecule has 78 valence electrons. The maximum atomic E-state index is 6.14. The average Bonchev–Trinajstić information content (AvgIpc) is 2.69. The van der Waals surface area contributed by atoms with Crippen molar-refractivity contribution in [1.29, 1.82) is 0 Å². The minimum absolute atomic E-state index is 0.192. The van der Waals surface area contributed by atoms with Crippen LogP contribution in [0.4, 0.5) is 0 Å². The van der Waals surface area contributed by atoms with Crippen LogP contribution in [0.15, 0.2) is 6.20 Å². The van der Waals surface area contributed by atoms with Crippen molar-refractivity contribution < 1.29 is 0 Å². The maximum absolute atomic E-state index is 6.14. The molecule has 1 aliphatic carbocycles. The number of rotatable bonds is 3. The third kappa shape index (κ3) is 1.66. The Hall–Kier alpha value is -0.540. The highest BCUT2D eigenvalue weighted by Crippen LogP contribution is 2.45. The molecule has 0 amide bonds. The van der Waals surface area contributed by atoms with Crippen LogP contribution >= 0.6 is 11.6 Å². The number of halogens is 1. The fourth-order valence-corrected chi connectivity index (χ4v) is 2.04. The van der Waals surface area contributed by atoms with Gasteiger partial charge in [-0.15, -0.1) is 0 Å². The minimum atomic E-state index is -0.192. The molecule has 0 bridgehead atoms.